The molecule has 0 saturated carbocycles. The maximum Gasteiger partial charge on any atom is 0.430 e. The van der Waals surface area contributed by atoms with E-state index in [1.807, 2.05) is 0 Å². The van der Waals surface area contributed by atoms with Crippen LogP contribution in [0, 0.1) is 0 Å². The van der Waals surface area contributed by atoms with Crippen LogP contribution in [-0.2, 0) is 5.60 Å². The molecule has 0 aliphatic rings. The van der Waals surface area contributed by atoms with Crippen molar-refractivity contribution in [1.82, 2.24) is 0 Å². The van der Waals surface area contributed by atoms with Crippen molar-refractivity contribution in [3.05, 3.63) is 59.2 Å². The Balaban J connectivity index is 2.63. The van der Waals surface area contributed by atoms with Crippen molar-refractivity contribution in [2.24, 2.45) is 0 Å². The van der Waals surface area contributed by atoms with Crippen LogP contribution in [0.4, 0.5) is 37.7 Å². The summed E-state index contributed by atoms with van der Waals surface area (Å²) in [5, 5.41) is 9.49. The molecule has 4 nitrogen and oxygen atoms in total. The molecule has 10 heteroatoms. The number of carbonyl (C=O) groups excluding carboxylic acids is 1. The molecule has 0 spiro atoms. The van der Waals surface area contributed by atoms with E-state index >= 15 is 0 Å². The lowest BCUT2D eigenvalue weighted by Crippen LogP contribution is -2.54. The van der Waals surface area contributed by atoms with Gasteiger partial charge in [0, 0.05) is 28.1 Å². The molecule has 0 aliphatic carbocycles. The molecule has 0 aliphatic heterocycles. The number of hydrogen-bond acceptors (Lipinski definition) is 4. The van der Waals surface area contributed by atoms with Gasteiger partial charge in [-0.05, 0) is 42.5 Å². The van der Waals surface area contributed by atoms with E-state index in [-0.39, 0.29) is 11.6 Å². The van der Waals surface area contributed by atoms with Crippen molar-refractivity contribution < 1.29 is 36.2 Å². The first kappa shape index (κ1) is 19.6. The number of ketones is 1. The van der Waals surface area contributed by atoms with Gasteiger partial charge in [-0.25, -0.2) is 0 Å². The average Bonchev–Trinajstić information content (AvgIpc) is 2.52. The Kier molecular flexibility index (Phi) is 4.67. The van der Waals surface area contributed by atoms with Crippen LogP contribution in [0.25, 0.3) is 0 Å². The highest BCUT2D eigenvalue weighted by Gasteiger charge is 2.72. The lowest BCUT2D eigenvalue weighted by Gasteiger charge is -2.33. The molecule has 2 rings (SSSR count). The molecule has 0 saturated heterocycles. The standard InChI is InChI=1S/C16H12F6N2O2/c17-15(18,19)14(26,16(20,21)22)11-7-9(3-6-12(11)24)13(25)8-1-4-10(23)5-2-8/h1-7,26H,23-24H2. The fourth-order valence-corrected chi connectivity index (χ4v) is 2.28. The molecule has 0 amide bonds. The number of hydrogen-bond donors (Lipinski definition) is 3. The Morgan fingerprint density at radius 1 is 0.808 bits per heavy atom. The minimum Gasteiger partial charge on any atom is -0.399 e. The van der Waals surface area contributed by atoms with Crippen LogP contribution < -0.4 is 11.5 Å². The number of rotatable bonds is 3. The van der Waals surface area contributed by atoms with E-state index in [0.29, 0.717) is 11.8 Å². The summed E-state index contributed by atoms with van der Waals surface area (Å²) in [7, 11) is 0. The van der Waals surface area contributed by atoms with Gasteiger partial charge in [-0.3, -0.25) is 4.79 Å². The van der Waals surface area contributed by atoms with Crippen molar-refractivity contribution in [2.45, 2.75) is 18.0 Å². The molecule has 0 unspecified atom stereocenters. The zero-order chi connectivity index (χ0) is 19.9. The second-order valence-electron chi connectivity index (χ2n) is 5.46. The fourth-order valence-electron chi connectivity index (χ4n) is 2.28. The number of nitrogens with two attached hydrogens (primary N) is 2. The van der Waals surface area contributed by atoms with Crippen molar-refractivity contribution in [3.8, 4) is 0 Å². The van der Waals surface area contributed by atoms with Crippen molar-refractivity contribution >= 4 is 17.2 Å². The number of halogens is 6. The number of nitrogen functional groups attached to an aromatic ring is 2. The molecule has 0 radical (unpaired) electrons. The van der Waals surface area contributed by atoms with Crippen molar-refractivity contribution in [3.63, 3.8) is 0 Å². The molecular formula is C16H12F6N2O2. The molecule has 0 atom stereocenters. The van der Waals surface area contributed by atoms with Crippen LogP contribution in [0.3, 0.4) is 0 Å². The van der Waals surface area contributed by atoms with Gasteiger partial charge in [0.2, 0.25) is 0 Å². The van der Waals surface area contributed by atoms with Gasteiger partial charge in [0.05, 0.1) is 0 Å². The lowest BCUT2D eigenvalue weighted by atomic mass is 9.88. The summed E-state index contributed by atoms with van der Waals surface area (Å²) in [5.74, 6) is -0.863. The van der Waals surface area contributed by atoms with Crippen LogP contribution in [0.1, 0.15) is 21.5 Å². The second kappa shape index (κ2) is 6.20. The maximum atomic E-state index is 13.0. The van der Waals surface area contributed by atoms with E-state index in [2.05, 4.69) is 0 Å². The Labute approximate surface area is 143 Å². The minimum absolute atomic E-state index is 0.0162. The quantitative estimate of drug-likeness (QED) is 0.434. The highest BCUT2D eigenvalue weighted by Crippen LogP contribution is 2.51. The average molecular weight is 378 g/mol. The van der Waals surface area contributed by atoms with Gasteiger partial charge in [0.1, 0.15) is 0 Å². The summed E-state index contributed by atoms with van der Waals surface area (Å²) >= 11 is 0. The largest absolute Gasteiger partial charge is 0.430 e. The van der Waals surface area contributed by atoms with E-state index in [4.69, 9.17) is 11.5 Å². The van der Waals surface area contributed by atoms with Gasteiger partial charge in [-0.1, -0.05) is 0 Å². The first-order chi connectivity index (χ1) is 11.8. The normalized spacial score (nSPS) is 12.9. The molecule has 0 bridgehead atoms. The zero-order valence-electron chi connectivity index (χ0n) is 12.8. The van der Waals surface area contributed by atoms with Gasteiger partial charge in [0.25, 0.3) is 5.60 Å². The van der Waals surface area contributed by atoms with Gasteiger partial charge in [0.15, 0.2) is 5.78 Å². The number of alkyl halides is 6. The molecule has 2 aromatic rings. The first-order valence-electron chi connectivity index (χ1n) is 6.95. The summed E-state index contributed by atoms with van der Waals surface area (Å²) in [6, 6.07) is 7.14. The van der Waals surface area contributed by atoms with Crippen LogP contribution >= 0.6 is 0 Å². The molecule has 26 heavy (non-hydrogen) atoms. The Hall–Kier alpha value is -2.75. The summed E-state index contributed by atoms with van der Waals surface area (Å²) in [6.45, 7) is 0. The van der Waals surface area contributed by atoms with Gasteiger partial charge in [-0.15, -0.1) is 0 Å². The van der Waals surface area contributed by atoms with Gasteiger partial charge < -0.3 is 16.6 Å². The predicted molar refractivity (Wildman–Crippen MR) is 81.1 cm³/mol. The van der Waals surface area contributed by atoms with Crippen LogP contribution in [0.5, 0.6) is 0 Å². The number of aliphatic hydroxyl groups is 1. The number of anilines is 2. The highest BCUT2D eigenvalue weighted by atomic mass is 19.4. The third-order valence-corrected chi connectivity index (χ3v) is 3.70. The molecule has 0 heterocycles. The van der Waals surface area contributed by atoms with Gasteiger partial charge in [-0.2, -0.15) is 26.3 Å². The molecular weight excluding hydrogens is 366 g/mol. The van der Waals surface area contributed by atoms with Crippen LogP contribution in [-0.4, -0.2) is 23.2 Å². The summed E-state index contributed by atoms with van der Waals surface area (Å²) in [6.07, 6.45) is -12.2. The SMILES string of the molecule is Nc1ccc(C(=O)c2ccc(N)c(C(O)(C(F)(F)F)C(F)(F)F)c2)cc1. The molecule has 0 aromatic heterocycles. The highest BCUT2D eigenvalue weighted by molar-refractivity contribution is 6.09. The Morgan fingerprint density at radius 3 is 1.73 bits per heavy atom. The predicted octanol–water partition coefficient (Wildman–Crippen LogP) is 3.39. The zero-order valence-corrected chi connectivity index (χ0v) is 12.8. The third kappa shape index (κ3) is 3.19. The van der Waals surface area contributed by atoms with E-state index in [0.717, 1.165) is 6.07 Å². The van der Waals surface area contributed by atoms with Crippen LogP contribution in [0.2, 0.25) is 0 Å². The molecule has 2 aromatic carbocycles. The van der Waals surface area contributed by atoms with E-state index < -0.39 is 40.6 Å². The van der Waals surface area contributed by atoms with Crippen molar-refractivity contribution in [2.75, 3.05) is 11.5 Å². The van der Waals surface area contributed by atoms with E-state index in [1.165, 1.54) is 24.3 Å². The third-order valence-electron chi connectivity index (χ3n) is 3.70. The van der Waals surface area contributed by atoms with Crippen LogP contribution in [0.15, 0.2) is 42.5 Å². The topological polar surface area (TPSA) is 89.3 Å². The smallest absolute Gasteiger partial charge is 0.399 e. The van der Waals surface area contributed by atoms with E-state index in [9.17, 15) is 36.2 Å². The number of carbonyl (C=O) groups is 1. The van der Waals surface area contributed by atoms with Gasteiger partial charge >= 0.3 is 12.4 Å². The summed E-state index contributed by atoms with van der Waals surface area (Å²) in [4.78, 5) is 12.3. The lowest BCUT2D eigenvalue weighted by molar-refractivity contribution is -0.376. The molecule has 5 N–H and O–H groups in total. The fraction of sp³-hybridized carbons (Fsp3) is 0.188. The minimum atomic E-state index is -6.11. The first-order valence-corrected chi connectivity index (χ1v) is 6.95. The van der Waals surface area contributed by atoms with Crippen molar-refractivity contribution in [1.29, 1.82) is 0 Å². The Bertz CT molecular complexity index is 814. The van der Waals surface area contributed by atoms with E-state index in [1.54, 1.807) is 0 Å². The summed E-state index contributed by atoms with van der Waals surface area (Å²) in [5.41, 5.74) is 2.62. The maximum absolute atomic E-state index is 13.0. The monoisotopic (exact) mass is 378 g/mol. The summed E-state index contributed by atoms with van der Waals surface area (Å²) < 4.78 is 78.3. The molecule has 0 fully saturated rings. The number of benzene rings is 2. The molecule has 140 valence electrons. The Morgan fingerprint density at radius 2 is 1.27 bits per heavy atom. The second-order valence-corrected chi connectivity index (χ2v) is 5.46.